The van der Waals surface area contributed by atoms with E-state index in [4.69, 9.17) is 4.74 Å². The molecule has 1 aromatic rings. The number of carbonyl (C=O) groups excluding carboxylic acids is 1. The Morgan fingerprint density at radius 2 is 2.12 bits per heavy atom. The van der Waals surface area contributed by atoms with Crippen molar-refractivity contribution in [3.8, 4) is 5.75 Å². The fourth-order valence-electron chi connectivity index (χ4n) is 3.86. The number of methoxy groups -OCH3 is 1. The fraction of sp³-hybridized carbons (Fsp3) is 0.650. The molecule has 0 radical (unpaired) electrons. The third-order valence-corrected chi connectivity index (χ3v) is 5.50. The third-order valence-electron chi connectivity index (χ3n) is 5.50. The van der Waals surface area contributed by atoms with Crippen molar-refractivity contribution in [2.24, 2.45) is 5.92 Å². The maximum absolute atomic E-state index is 12.6. The van der Waals surface area contributed by atoms with Gasteiger partial charge in [-0.1, -0.05) is 25.0 Å². The molecular formula is C20H30N2O3. The first-order valence-corrected chi connectivity index (χ1v) is 9.36. The molecule has 0 saturated heterocycles. The van der Waals surface area contributed by atoms with Crippen molar-refractivity contribution < 1.29 is 14.6 Å². The highest BCUT2D eigenvalue weighted by Gasteiger charge is 2.36. The smallest absolute Gasteiger partial charge is 0.317 e. The van der Waals surface area contributed by atoms with Crippen molar-refractivity contribution in [1.82, 2.24) is 10.2 Å². The summed E-state index contributed by atoms with van der Waals surface area (Å²) in [5, 5.41) is 13.7. The van der Waals surface area contributed by atoms with E-state index >= 15 is 0 Å². The third kappa shape index (κ3) is 4.88. The Hall–Kier alpha value is -1.75. The van der Waals surface area contributed by atoms with Crippen LogP contribution < -0.4 is 10.1 Å². The highest BCUT2D eigenvalue weighted by Crippen LogP contribution is 2.35. The monoisotopic (exact) mass is 346 g/mol. The number of rotatable bonds is 7. The second kappa shape index (κ2) is 7.65. The minimum Gasteiger partial charge on any atom is -0.497 e. The van der Waals surface area contributed by atoms with Crippen molar-refractivity contribution >= 4 is 6.03 Å². The van der Waals surface area contributed by atoms with Gasteiger partial charge < -0.3 is 20.1 Å². The minimum atomic E-state index is -0.700. The molecular weight excluding hydrogens is 316 g/mol. The molecule has 5 nitrogen and oxygen atoms in total. The van der Waals surface area contributed by atoms with Gasteiger partial charge in [0.1, 0.15) is 5.75 Å². The van der Waals surface area contributed by atoms with E-state index in [1.165, 1.54) is 18.4 Å². The van der Waals surface area contributed by atoms with Crippen LogP contribution in [0, 0.1) is 5.92 Å². The molecule has 2 fully saturated rings. The topological polar surface area (TPSA) is 61.8 Å². The summed E-state index contributed by atoms with van der Waals surface area (Å²) in [6, 6.07) is 8.09. The summed E-state index contributed by atoms with van der Waals surface area (Å²) >= 11 is 0. The first kappa shape index (κ1) is 18.1. The van der Waals surface area contributed by atoms with E-state index in [0.717, 1.165) is 37.9 Å². The second-order valence-corrected chi connectivity index (χ2v) is 7.74. The molecule has 3 rings (SSSR count). The molecule has 5 heteroatoms. The van der Waals surface area contributed by atoms with Gasteiger partial charge in [0, 0.05) is 13.1 Å². The highest BCUT2D eigenvalue weighted by molar-refractivity contribution is 5.74. The highest BCUT2D eigenvalue weighted by atomic mass is 16.5. The maximum Gasteiger partial charge on any atom is 0.317 e. The Kier molecular flexibility index (Phi) is 5.52. The van der Waals surface area contributed by atoms with E-state index in [9.17, 15) is 9.90 Å². The van der Waals surface area contributed by atoms with Crippen molar-refractivity contribution in [2.75, 3.05) is 20.7 Å². The van der Waals surface area contributed by atoms with Crippen LogP contribution in [0.5, 0.6) is 5.75 Å². The van der Waals surface area contributed by atoms with E-state index in [-0.39, 0.29) is 12.1 Å². The van der Waals surface area contributed by atoms with Crippen molar-refractivity contribution in [2.45, 2.75) is 56.6 Å². The lowest BCUT2D eigenvalue weighted by Gasteiger charge is -2.30. The molecule has 2 aliphatic rings. The molecule has 1 unspecified atom stereocenters. The molecule has 0 bridgehead atoms. The van der Waals surface area contributed by atoms with E-state index in [0.29, 0.717) is 12.5 Å². The summed E-state index contributed by atoms with van der Waals surface area (Å²) in [4.78, 5) is 14.3. The molecule has 1 atom stereocenters. The van der Waals surface area contributed by atoms with Crippen molar-refractivity contribution in [3.05, 3.63) is 29.8 Å². The Bertz CT molecular complexity index is 594. The number of benzene rings is 1. The van der Waals surface area contributed by atoms with Gasteiger partial charge in [-0.15, -0.1) is 0 Å². The summed E-state index contributed by atoms with van der Waals surface area (Å²) in [7, 11) is 3.45. The lowest BCUT2D eigenvalue weighted by Crippen LogP contribution is -2.49. The molecule has 0 aliphatic heterocycles. The first-order chi connectivity index (χ1) is 12.0. The summed E-state index contributed by atoms with van der Waals surface area (Å²) in [5.41, 5.74) is 0.474. The van der Waals surface area contributed by atoms with Gasteiger partial charge in [-0.3, -0.25) is 0 Å². The average Bonchev–Trinajstić information content (AvgIpc) is 3.36. The summed E-state index contributed by atoms with van der Waals surface area (Å²) in [6.07, 6.45) is 6.83. The maximum atomic E-state index is 12.6. The molecule has 2 amide bonds. The molecule has 1 aromatic carbocycles. The van der Waals surface area contributed by atoms with Gasteiger partial charge in [-0.2, -0.15) is 0 Å². The molecule has 2 aliphatic carbocycles. The van der Waals surface area contributed by atoms with Crippen molar-refractivity contribution in [3.63, 3.8) is 0 Å². The standard InChI is InChI=1S/C20H30N2O3/c1-22(14-20(24)10-3-4-11-20)19(23)21-18(16-8-9-16)13-15-6-5-7-17(12-15)25-2/h5-7,12,16,18,24H,3-4,8-11,13-14H2,1-2H3,(H,21,23). The summed E-state index contributed by atoms with van der Waals surface area (Å²) in [6.45, 7) is 0.412. The molecule has 0 spiro atoms. The van der Waals surface area contributed by atoms with E-state index in [1.807, 2.05) is 18.2 Å². The second-order valence-electron chi connectivity index (χ2n) is 7.74. The van der Waals surface area contributed by atoms with Crippen LogP contribution in [0.25, 0.3) is 0 Å². The van der Waals surface area contributed by atoms with Crippen LogP contribution in [0.1, 0.15) is 44.1 Å². The zero-order chi connectivity index (χ0) is 17.9. The number of likely N-dealkylation sites (N-methyl/N-ethyl adjacent to an activating group) is 1. The quantitative estimate of drug-likeness (QED) is 0.798. The van der Waals surface area contributed by atoms with Crippen LogP contribution in [0.4, 0.5) is 4.79 Å². The zero-order valence-electron chi connectivity index (χ0n) is 15.3. The van der Waals surface area contributed by atoms with Gasteiger partial charge in [0.2, 0.25) is 0 Å². The minimum absolute atomic E-state index is 0.0832. The SMILES string of the molecule is COc1cccc(CC(NC(=O)N(C)CC2(O)CCCC2)C2CC2)c1. The normalized spacial score (nSPS) is 20.1. The number of nitrogens with one attached hydrogen (secondary N) is 1. The van der Waals surface area contributed by atoms with Crippen LogP contribution in [-0.4, -0.2) is 48.4 Å². The first-order valence-electron chi connectivity index (χ1n) is 9.36. The van der Waals surface area contributed by atoms with Crippen LogP contribution in [0.15, 0.2) is 24.3 Å². The zero-order valence-corrected chi connectivity index (χ0v) is 15.3. The van der Waals surface area contributed by atoms with Gasteiger partial charge >= 0.3 is 6.03 Å². The number of aliphatic hydroxyl groups is 1. The van der Waals surface area contributed by atoms with E-state index in [2.05, 4.69) is 11.4 Å². The molecule has 0 aromatic heterocycles. The Morgan fingerprint density at radius 1 is 1.40 bits per heavy atom. The van der Waals surface area contributed by atoms with Crippen LogP contribution in [0.2, 0.25) is 0 Å². The molecule has 25 heavy (non-hydrogen) atoms. The number of hydrogen-bond acceptors (Lipinski definition) is 3. The predicted octanol–water partition coefficient (Wildman–Crippen LogP) is 2.96. The van der Waals surface area contributed by atoms with Gasteiger partial charge in [-0.25, -0.2) is 4.79 Å². The fourth-order valence-corrected chi connectivity index (χ4v) is 3.86. The Balaban J connectivity index is 1.58. The number of nitrogens with zero attached hydrogens (tertiary/aromatic N) is 1. The number of ether oxygens (including phenoxy) is 1. The van der Waals surface area contributed by atoms with Crippen LogP contribution in [-0.2, 0) is 6.42 Å². The molecule has 138 valence electrons. The number of carbonyl (C=O) groups is 1. The Labute approximate surface area is 150 Å². The van der Waals surface area contributed by atoms with Crippen LogP contribution in [0.3, 0.4) is 0 Å². The molecule has 0 heterocycles. The number of amides is 2. The predicted molar refractivity (Wildman–Crippen MR) is 97.8 cm³/mol. The summed E-state index contributed by atoms with van der Waals surface area (Å²) < 4.78 is 5.29. The van der Waals surface area contributed by atoms with E-state index in [1.54, 1.807) is 19.1 Å². The number of urea groups is 1. The van der Waals surface area contributed by atoms with Gasteiger partial charge in [-0.05, 0) is 55.7 Å². The van der Waals surface area contributed by atoms with Crippen molar-refractivity contribution in [1.29, 1.82) is 0 Å². The largest absolute Gasteiger partial charge is 0.497 e. The van der Waals surface area contributed by atoms with Crippen LogP contribution >= 0.6 is 0 Å². The number of hydrogen-bond donors (Lipinski definition) is 2. The lowest BCUT2D eigenvalue weighted by molar-refractivity contribution is 0.0243. The molecule has 2 saturated carbocycles. The molecule has 2 N–H and O–H groups in total. The van der Waals surface area contributed by atoms with Gasteiger partial charge in [0.05, 0.1) is 19.3 Å². The summed E-state index contributed by atoms with van der Waals surface area (Å²) in [5.74, 6) is 1.40. The average molecular weight is 346 g/mol. The lowest BCUT2D eigenvalue weighted by atomic mass is 10.0. The Morgan fingerprint density at radius 3 is 2.76 bits per heavy atom. The van der Waals surface area contributed by atoms with Gasteiger partial charge in [0.15, 0.2) is 0 Å². The van der Waals surface area contributed by atoms with E-state index < -0.39 is 5.60 Å². The van der Waals surface area contributed by atoms with Gasteiger partial charge in [0.25, 0.3) is 0 Å².